The van der Waals surface area contributed by atoms with Crippen LogP contribution in [-0.2, 0) is 22.6 Å². The van der Waals surface area contributed by atoms with Crippen LogP contribution in [0.5, 0.6) is 0 Å². The number of amides is 1. The first kappa shape index (κ1) is 13.0. The SMILES string of the molecule is O=C(NCc1nc(CN2CCOCC2)cs1)C1CC1. The zero-order valence-electron chi connectivity index (χ0n) is 10.9. The molecule has 104 valence electrons. The Hall–Kier alpha value is -0.980. The zero-order valence-corrected chi connectivity index (χ0v) is 11.7. The number of nitrogens with one attached hydrogen (secondary N) is 1. The number of carbonyl (C=O) groups excluding carboxylic acids is 1. The van der Waals surface area contributed by atoms with Gasteiger partial charge in [-0.2, -0.15) is 0 Å². The maximum atomic E-state index is 11.5. The van der Waals surface area contributed by atoms with E-state index < -0.39 is 0 Å². The summed E-state index contributed by atoms with van der Waals surface area (Å²) in [4.78, 5) is 18.5. The van der Waals surface area contributed by atoms with E-state index in [-0.39, 0.29) is 11.8 Å². The van der Waals surface area contributed by atoms with E-state index in [9.17, 15) is 4.79 Å². The van der Waals surface area contributed by atoms with Crippen molar-refractivity contribution in [1.29, 1.82) is 0 Å². The second-order valence-electron chi connectivity index (χ2n) is 5.11. The quantitative estimate of drug-likeness (QED) is 0.875. The predicted molar refractivity (Wildman–Crippen MR) is 72.8 cm³/mol. The molecule has 0 spiro atoms. The Morgan fingerprint density at radius 2 is 2.26 bits per heavy atom. The molecular weight excluding hydrogens is 262 g/mol. The van der Waals surface area contributed by atoms with Gasteiger partial charge in [-0.05, 0) is 12.8 Å². The highest BCUT2D eigenvalue weighted by molar-refractivity contribution is 7.09. The lowest BCUT2D eigenvalue weighted by atomic mass is 10.3. The molecule has 1 saturated carbocycles. The van der Waals surface area contributed by atoms with Crippen molar-refractivity contribution >= 4 is 17.2 Å². The number of nitrogens with zero attached hydrogens (tertiary/aromatic N) is 2. The van der Waals surface area contributed by atoms with Crippen LogP contribution in [0, 0.1) is 5.92 Å². The summed E-state index contributed by atoms with van der Waals surface area (Å²) in [6, 6.07) is 0. The molecule has 0 bridgehead atoms. The van der Waals surface area contributed by atoms with Crippen LogP contribution in [0.15, 0.2) is 5.38 Å². The van der Waals surface area contributed by atoms with E-state index >= 15 is 0 Å². The van der Waals surface area contributed by atoms with Crippen LogP contribution in [0.4, 0.5) is 0 Å². The number of morpholine rings is 1. The molecule has 3 rings (SSSR count). The minimum atomic E-state index is 0.185. The molecule has 5 nitrogen and oxygen atoms in total. The molecular formula is C13H19N3O2S. The Balaban J connectivity index is 1.46. The molecule has 1 saturated heterocycles. The monoisotopic (exact) mass is 281 g/mol. The summed E-state index contributed by atoms with van der Waals surface area (Å²) in [5.41, 5.74) is 1.10. The minimum Gasteiger partial charge on any atom is -0.379 e. The van der Waals surface area contributed by atoms with E-state index in [2.05, 4.69) is 20.6 Å². The summed E-state index contributed by atoms with van der Waals surface area (Å²) in [5, 5.41) is 6.04. The molecule has 2 aliphatic rings. The summed E-state index contributed by atoms with van der Waals surface area (Å²) in [6.45, 7) is 5.04. The second kappa shape index (κ2) is 5.98. The van der Waals surface area contributed by atoms with Gasteiger partial charge in [0.1, 0.15) is 5.01 Å². The standard InChI is InChI=1S/C13H19N3O2S/c17-13(10-1-2-10)14-7-12-15-11(9-19-12)8-16-3-5-18-6-4-16/h9-10H,1-8H2,(H,14,17). The maximum absolute atomic E-state index is 11.5. The minimum absolute atomic E-state index is 0.185. The van der Waals surface area contributed by atoms with Gasteiger partial charge in [0.2, 0.25) is 5.91 Å². The van der Waals surface area contributed by atoms with Crippen LogP contribution in [0.3, 0.4) is 0 Å². The van der Waals surface area contributed by atoms with Crippen LogP contribution in [-0.4, -0.2) is 42.1 Å². The van der Waals surface area contributed by atoms with E-state index in [1.165, 1.54) is 0 Å². The first-order chi connectivity index (χ1) is 9.31. The molecule has 1 aliphatic heterocycles. The van der Waals surface area contributed by atoms with Crippen molar-refractivity contribution in [3.8, 4) is 0 Å². The number of rotatable bonds is 5. The Kier molecular flexibility index (Phi) is 4.10. The van der Waals surface area contributed by atoms with Crippen molar-refractivity contribution in [1.82, 2.24) is 15.2 Å². The van der Waals surface area contributed by atoms with Crippen molar-refractivity contribution < 1.29 is 9.53 Å². The van der Waals surface area contributed by atoms with E-state index in [0.717, 1.165) is 56.4 Å². The van der Waals surface area contributed by atoms with Gasteiger partial charge in [0, 0.05) is 30.9 Å². The molecule has 0 radical (unpaired) electrons. The van der Waals surface area contributed by atoms with Crippen LogP contribution >= 0.6 is 11.3 Å². The molecule has 2 heterocycles. The number of hydrogen-bond acceptors (Lipinski definition) is 5. The maximum Gasteiger partial charge on any atom is 0.223 e. The molecule has 1 amide bonds. The van der Waals surface area contributed by atoms with Crippen LogP contribution in [0.1, 0.15) is 23.5 Å². The average molecular weight is 281 g/mol. The second-order valence-corrected chi connectivity index (χ2v) is 6.06. The van der Waals surface area contributed by atoms with Gasteiger partial charge in [0.15, 0.2) is 0 Å². The largest absolute Gasteiger partial charge is 0.379 e. The third-order valence-electron chi connectivity index (χ3n) is 3.45. The van der Waals surface area contributed by atoms with Gasteiger partial charge in [0.25, 0.3) is 0 Å². The Morgan fingerprint density at radius 1 is 1.47 bits per heavy atom. The molecule has 2 fully saturated rings. The summed E-state index contributed by atoms with van der Waals surface area (Å²) in [6.07, 6.45) is 2.10. The number of thiazole rings is 1. The number of carbonyl (C=O) groups is 1. The van der Waals surface area contributed by atoms with E-state index in [1.54, 1.807) is 11.3 Å². The van der Waals surface area contributed by atoms with Crippen molar-refractivity contribution in [3.63, 3.8) is 0 Å². The number of hydrogen-bond donors (Lipinski definition) is 1. The van der Waals surface area contributed by atoms with Crippen molar-refractivity contribution in [2.45, 2.75) is 25.9 Å². The highest BCUT2D eigenvalue weighted by Crippen LogP contribution is 2.28. The van der Waals surface area contributed by atoms with Gasteiger partial charge in [-0.15, -0.1) is 11.3 Å². The van der Waals surface area contributed by atoms with Crippen LogP contribution < -0.4 is 5.32 Å². The van der Waals surface area contributed by atoms with Gasteiger partial charge in [-0.3, -0.25) is 9.69 Å². The topological polar surface area (TPSA) is 54.5 Å². The van der Waals surface area contributed by atoms with E-state index in [1.807, 2.05) is 0 Å². The third-order valence-corrected chi connectivity index (χ3v) is 4.35. The van der Waals surface area contributed by atoms with Crippen molar-refractivity contribution in [2.75, 3.05) is 26.3 Å². The van der Waals surface area contributed by atoms with Gasteiger partial charge < -0.3 is 10.1 Å². The Labute approximate surface area is 117 Å². The average Bonchev–Trinajstić information content (AvgIpc) is 3.19. The summed E-state index contributed by atoms with van der Waals surface area (Å²) >= 11 is 1.63. The third kappa shape index (κ3) is 3.75. The molecule has 0 atom stereocenters. The van der Waals surface area contributed by atoms with Gasteiger partial charge in [0.05, 0.1) is 25.5 Å². The van der Waals surface area contributed by atoms with Crippen molar-refractivity contribution in [3.05, 3.63) is 16.1 Å². The van der Waals surface area contributed by atoms with Crippen molar-refractivity contribution in [2.24, 2.45) is 5.92 Å². The highest BCUT2D eigenvalue weighted by Gasteiger charge is 2.29. The molecule has 1 N–H and O–H groups in total. The zero-order chi connectivity index (χ0) is 13.1. The molecule has 1 aromatic heterocycles. The molecule has 0 aromatic carbocycles. The smallest absolute Gasteiger partial charge is 0.223 e. The summed E-state index contributed by atoms with van der Waals surface area (Å²) in [7, 11) is 0. The molecule has 1 aliphatic carbocycles. The molecule has 6 heteroatoms. The van der Waals surface area contributed by atoms with Gasteiger partial charge in [-0.1, -0.05) is 0 Å². The van der Waals surface area contributed by atoms with Crippen LogP contribution in [0.2, 0.25) is 0 Å². The lowest BCUT2D eigenvalue weighted by molar-refractivity contribution is -0.122. The van der Waals surface area contributed by atoms with Gasteiger partial charge >= 0.3 is 0 Å². The Morgan fingerprint density at radius 3 is 3.00 bits per heavy atom. The molecule has 1 aromatic rings. The summed E-state index contributed by atoms with van der Waals surface area (Å²) < 4.78 is 5.33. The van der Waals surface area contributed by atoms with E-state index in [4.69, 9.17) is 4.74 Å². The fraction of sp³-hybridized carbons (Fsp3) is 0.692. The predicted octanol–water partition coefficient (Wildman–Crippen LogP) is 1.00. The summed E-state index contributed by atoms with van der Waals surface area (Å²) in [5.74, 6) is 0.456. The molecule has 0 unspecified atom stereocenters. The normalized spacial score (nSPS) is 20.4. The first-order valence-corrected chi connectivity index (χ1v) is 7.70. The lowest BCUT2D eigenvalue weighted by Gasteiger charge is -2.25. The van der Waals surface area contributed by atoms with E-state index in [0.29, 0.717) is 6.54 Å². The lowest BCUT2D eigenvalue weighted by Crippen LogP contribution is -2.35. The van der Waals surface area contributed by atoms with Crippen LogP contribution in [0.25, 0.3) is 0 Å². The first-order valence-electron chi connectivity index (χ1n) is 6.82. The molecule has 19 heavy (non-hydrogen) atoms. The highest BCUT2D eigenvalue weighted by atomic mass is 32.1. The fourth-order valence-electron chi connectivity index (χ4n) is 2.14. The number of ether oxygens (including phenoxy) is 1. The fourth-order valence-corrected chi connectivity index (χ4v) is 2.87. The Bertz CT molecular complexity index is 439. The van der Waals surface area contributed by atoms with Gasteiger partial charge in [-0.25, -0.2) is 4.98 Å². The number of aromatic nitrogens is 1.